The average molecular weight is 330 g/mol. The van der Waals surface area contributed by atoms with Gasteiger partial charge in [0.05, 0.1) is 0 Å². The monoisotopic (exact) mass is 329 g/mol. The first-order valence-corrected chi connectivity index (χ1v) is 7.56. The zero-order valence-corrected chi connectivity index (χ0v) is 12.9. The summed E-state index contributed by atoms with van der Waals surface area (Å²) in [6, 6.07) is 4.43. The van der Waals surface area contributed by atoms with Crippen LogP contribution in [0, 0.1) is 0 Å². The smallest absolute Gasteiger partial charge is 0.261 e. The number of hydrogen-bond acceptors (Lipinski definition) is 3. The van der Waals surface area contributed by atoms with Crippen molar-refractivity contribution in [2.45, 2.75) is 32.7 Å². The molecule has 1 aromatic carbocycles. The van der Waals surface area contributed by atoms with Crippen LogP contribution in [0.2, 0.25) is 0 Å². The molecule has 0 unspecified atom stereocenters. The van der Waals surface area contributed by atoms with Gasteiger partial charge in [-0.05, 0) is 25.0 Å². The van der Waals surface area contributed by atoms with Crippen LogP contribution in [0.1, 0.15) is 37.0 Å². The number of rotatable bonds is 6. The quantitative estimate of drug-likeness (QED) is 0.788. The highest BCUT2D eigenvalue weighted by Gasteiger charge is 2.26. The fourth-order valence-corrected chi connectivity index (χ4v) is 2.54. The molecule has 0 saturated heterocycles. The molecule has 19 heavy (non-hydrogen) atoms. The molecular formula is C14H20BrNO3. The SMILES string of the molecule is CCC(CC)N(CCBr)C(=O)c1c(O)cccc1O. The van der Waals surface area contributed by atoms with Crippen molar-refractivity contribution in [1.29, 1.82) is 0 Å². The van der Waals surface area contributed by atoms with E-state index in [1.54, 1.807) is 4.90 Å². The van der Waals surface area contributed by atoms with Gasteiger partial charge in [0.15, 0.2) is 0 Å². The van der Waals surface area contributed by atoms with Crippen molar-refractivity contribution >= 4 is 21.8 Å². The van der Waals surface area contributed by atoms with Crippen molar-refractivity contribution < 1.29 is 15.0 Å². The van der Waals surface area contributed by atoms with E-state index >= 15 is 0 Å². The number of phenols is 2. The van der Waals surface area contributed by atoms with Crippen molar-refractivity contribution in [3.8, 4) is 11.5 Å². The van der Waals surface area contributed by atoms with Gasteiger partial charge in [-0.1, -0.05) is 35.8 Å². The first kappa shape index (κ1) is 15.8. The van der Waals surface area contributed by atoms with Gasteiger partial charge >= 0.3 is 0 Å². The normalized spacial score (nSPS) is 10.7. The summed E-state index contributed by atoms with van der Waals surface area (Å²) >= 11 is 3.34. The van der Waals surface area contributed by atoms with E-state index in [9.17, 15) is 15.0 Å². The Morgan fingerprint density at radius 1 is 1.26 bits per heavy atom. The number of alkyl halides is 1. The minimum Gasteiger partial charge on any atom is -0.507 e. The zero-order chi connectivity index (χ0) is 14.4. The molecular weight excluding hydrogens is 310 g/mol. The molecule has 0 saturated carbocycles. The lowest BCUT2D eigenvalue weighted by molar-refractivity contribution is 0.0676. The molecule has 0 aromatic heterocycles. The number of halogens is 1. The standard InChI is InChI=1S/C14H20BrNO3/c1-3-10(4-2)16(9-8-15)14(19)13-11(17)6-5-7-12(13)18/h5-7,10,17-18H,3-4,8-9H2,1-2H3. The van der Waals surface area contributed by atoms with E-state index in [4.69, 9.17) is 0 Å². The molecule has 0 bridgehead atoms. The summed E-state index contributed by atoms with van der Waals surface area (Å²) in [6.45, 7) is 4.58. The van der Waals surface area contributed by atoms with Crippen LogP contribution in [0.25, 0.3) is 0 Å². The fraction of sp³-hybridized carbons (Fsp3) is 0.500. The maximum absolute atomic E-state index is 12.5. The van der Waals surface area contributed by atoms with Crippen molar-refractivity contribution in [3.63, 3.8) is 0 Å². The number of amides is 1. The van der Waals surface area contributed by atoms with Gasteiger partial charge in [-0.2, -0.15) is 0 Å². The Morgan fingerprint density at radius 3 is 2.21 bits per heavy atom. The van der Waals surface area contributed by atoms with Crippen LogP contribution in [0.4, 0.5) is 0 Å². The summed E-state index contributed by atoms with van der Waals surface area (Å²) < 4.78 is 0. The molecule has 0 heterocycles. The first-order valence-electron chi connectivity index (χ1n) is 6.44. The highest BCUT2D eigenvalue weighted by Crippen LogP contribution is 2.29. The van der Waals surface area contributed by atoms with Crippen molar-refractivity contribution in [2.24, 2.45) is 0 Å². The molecule has 1 rings (SSSR count). The third-order valence-electron chi connectivity index (χ3n) is 3.20. The van der Waals surface area contributed by atoms with Crippen LogP contribution in [0.3, 0.4) is 0 Å². The van der Waals surface area contributed by atoms with Crippen LogP contribution in [0.15, 0.2) is 18.2 Å². The molecule has 5 heteroatoms. The van der Waals surface area contributed by atoms with Gasteiger partial charge in [-0.3, -0.25) is 4.79 Å². The lowest BCUT2D eigenvalue weighted by Gasteiger charge is -2.30. The number of aromatic hydroxyl groups is 2. The second-order valence-electron chi connectivity index (χ2n) is 4.33. The predicted octanol–water partition coefficient (Wildman–Crippen LogP) is 3.12. The van der Waals surface area contributed by atoms with Crippen LogP contribution >= 0.6 is 15.9 Å². The van der Waals surface area contributed by atoms with E-state index < -0.39 is 0 Å². The van der Waals surface area contributed by atoms with Gasteiger partial charge in [0, 0.05) is 17.9 Å². The van der Waals surface area contributed by atoms with Gasteiger partial charge in [-0.25, -0.2) is 0 Å². The number of benzene rings is 1. The Labute approximate surface area is 122 Å². The average Bonchev–Trinajstić information content (AvgIpc) is 2.38. The molecule has 106 valence electrons. The summed E-state index contributed by atoms with van der Waals surface area (Å²) in [5.74, 6) is -0.699. The molecule has 2 N–H and O–H groups in total. The number of nitrogens with zero attached hydrogens (tertiary/aromatic N) is 1. The van der Waals surface area contributed by atoms with Crippen LogP contribution in [-0.2, 0) is 0 Å². The molecule has 0 spiro atoms. The minimum absolute atomic E-state index is 0.0182. The third kappa shape index (κ3) is 3.62. The lowest BCUT2D eigenvalue weighted by Crippen LogP contribution is -2.41. The Kier molecular flexibility index (Phi) is 6.15. The summed E-state index contributed by atoms with van der Waals surface area (Å²) in [7, 11) is 0. The van der Waals surface area contributed by atoms with Gasteiger partial charge < -0.3 is 15.1 Å². The molecule has 4 nitrogen and oxygen atoms in total. The maximum Gasteiger partial charge on any atom is 0.261 e. The molecule has 1 aromatic rings. The molecule has 0 aliphatic heterocycles. The van der Waals surface area contributed by atoms with Crippen molar-refractivity contribution in [2.75, 3.05) is 11.9 Å². The van der Waals surface area contributed by atoms with E-state index in [1.807, 2.05) is 13.8 Å². The van der Waals surface area contributed by atoms with Crippen LogP contribution in [0.5, 0.6) is 11.5 Å². The lowest BCUT2D eigenvalue weighted by atomic mass is 10.1. The second kappa shape index (κ2) is 7.38. The van der Waals surface area contributed by atoms with Crippen molar-refractivity contribution in [3.05, 3.63) is 23.8 Å². The summed E-state index contributed by atoms with van der Waals surface area (Å²) in [4.78, 5) is 14.2. The Morgan fingerprint density at radius 2 is 1.79 bits per heavy atom. The predicted molar refractivity (Wildman–Crippen MR) is 79.0 cm³/mol. The largest absolute Gasteiger partial charge is 0.507 e. The Hall–Kier alpha value is -1.23. The molecule has 0 aliphatic rings. The number of hydrogen-bond donors (Lipinski definition) is 2. The van der Waals surface area contributed by atoms with Crippen LogP contribution < -0.4 is 0 Å². The van der Waals surface area contributed by atoms with Gasteiger partial charge in [0.2, 0.25) is 0 Å². The highest BCUT2D eigenvalue weighted by molar-refractivity contribution is 9.09. The van der Waals surface area contributed by atoms with E-state index in [2.05, 4.69) is 15.9 Å². The molecule has 1 amide bonds. The second-order valence-corrected chi connectivity index (χ2v) is 5.12. The highest BCUT2D eigenvalue weighted by atomic mass is 79.9. The topological polar surface area (TPSA) is 60.8 Å². The van der Waals surface area contributed by atoms with E-state index in [-0.39, 0.29) is 29.0 Å². The first-order chi connectivity index (χ1) is 9.06. The van der Waals surface area contributed by atoms with E-state index in [1.165, 1.54) is 18.2 Å². The minimum atomic E-state index is -0.330. The Bertz CT molecular complexity index is 412. The molecule has 0 aliphatic carbocycles. The molecule has 0 atom stereocenters. The van der Waals surface area contributed by atoms with Gasteiger partial charge in [0.25, 0.3) is 5.91 Å². The summed E-state index contributed by atoms with van der Waals surface area (Å²) in [6.07, 6.45) is 1.67. The van der Waals surface area contributed by atoms with Crippen molar-refractivity contribution in [1.82, 2.24) is 4.90 Å². The van der Waals surface area contributed by atoms with Gasteiger partial charge in [-0.15, -0.1) is 0 Å². The molecule has 0 fully saturated rings. The number of carbonyl (C=O) groups is 1. The zero-order valence-electron chi connectivity index (χ0n) is 11.3. The van der Waals surface area contributed by atoms with E-state index in [0.29, 0.717) is 11.9 Å². The summed E-state index contributed by atoms with van der Waals surface area (Å²) in [5, 5.41) is 20.2. The fourth-order valence-electron chi connectivity index (χ4n) is 2.16. The maximum atomic E-state index is 12.5. The Balaban J connectivity index is 3.12. The number of phenolic OH excluding ortho intramolecular Hbond substituents is 2. The van der Waals surface area contributed by atoms with Gasteiger partial charge in [0.1, 0.15) is 17.1 Å². The van der Waals surface area contributed by atoms with E-state index in [0.717, 1.165) is 12.8 Å². The van der Waals surface area contributed by atoms with Crippen LogP contribution in [-0.4, -0.2) is 38.9 Å². The third-order valence-corrected chi connectivity index (χ3v) is 3.56. The molecule has 0 radical (unpaired) electrons. The summed E-state index contributed by atoms with van der Waals surface area (Å²) in [5.41, 5.74) is -0.0182. The number of carbonyl (C=O) groups excluding carboxylic acids is 1.